The first-order valence-electron chi connectivity index (χ1n) is 7.17. The Morgan fingerprint density at radius 3 is 3.19 bits per heavy atom. The maximum absolute atomic E-state index is 12.3. The lowest BCUT2D eigenvalue weighted by molar-refractivity contribution is 0.0952. The van der Waals surface area contributed by atoms with Crippen LogP contribution in [0.5, 0.6) is 0 Å². The first-order valence-corrected chi connectivity index (χ1v) is 7.17. The van der Waals surface area contributed by atoms with Crippen molar-refractivity contribution in [2.45, 2.75) is 26.2 Å². The average molecular weight is 286 g/mol. The molecule has 0 spiro atoms. The molecule has 0 saturated carbocycles. The predicted molar refractivity (Wildman–Crippen MR) is 78.3 cm³/mol. The van der Waals surface area contributed by atoms with Crippen molar-refractivity contribution in [2.75, 3.05) is 18.4 Å². The molecule has 2 N–H and O–H groups in total. The fourth-order valence-electron chi connectivity index (χ4n) is 2.54. The van der Waals surface area contributed by atoms with Crippen LogP contribution in [0.25, 0.3) is 0 Å². The SMILES string of the molecule is Cc1noc(CCNC(=O)c2cccc3c2CCCN3)n1. The molecule has 0 radical (unpaired) electrons. The number of benzene rings is 1. The van der Waals surface area contributed by atoms with Gasteiger partial charge in [-0.15, -0.1) is 0 Å². The molecule has 0 fully saturated rings. The Balaban J connectivity index is 1.63. The van der Waals surface area contributed by atoms with Gasteiger partial charge < -0.3 is 15.2 Å². The maximum atomic E-state index is 12.3. The molecule has 0 atom stereocenters. The minimum Gasteiger partial charge on any atom is -0.385 e. The number of hydrogen-bond acceptors (Lipinski definition) is 5. The monoisotopic (exact) mass is 286 g/mol. The normalized spacial score (nSPS) is 13.4. The van der Waals surface area contributed by atoms with Crippen molar-refractivity contribution >= 4 is 11.6 Å². The highest BCUT2D eigenvalue weighted by Gasteiger charge is 2.17. The van der Waals surface area contributed by atoms with E-state index in [1.807, 2.05) is 18.2 Å². The van der Waals surface area contributed by atoms with Crippen molar-refractivity contribution in [3.8, 4) is 0 Å². The van der Waals surface area contributed by atoms with Gasteiger partial charge in [-0.05, 0) is 37.5 Å². The molecule has 0 bridgehead atoms. The Labute approximate surface area is 122 Å². The fraction of sp³-hybridized carbons (Fsp3) is 0.400. The van der Waals surface area contributed by atoms with E-state index in [-0.39, 0.29) is 5.91 Å². The molecule has 2 heterocycles. The lowest BCUT2D eigenvalue weighted by Gasteiger charge is -2.20. The molecule has 0 unspecified atom stereocenters. The molecule has 1 amide bonds. The second-order valence-electron chi connectivity index (χ2n) is 5.10. The third-order valence-corrected chi connectivity index (χ3v) is 3.53. The van der Waals surface area contributed by atoms with Gasteiger partial charge in [0.1, 0.15) is 0 Å². The minimum absolute atomic E-state index is 0.0493. The van der Waals surface area contributed by atoms with Gasteiger partial charge >= 0.3 is 0 Å². The Kier molecular flexibility index (Phi) is 3.85. The molecule has 1 aliphatic heterocycles. The van der Waals surface area contributed by atoms with Crippen LogP contribution in [0.4, 0.5) is 5.69 Å². The second-order valence-corrected chi connectivity index (χ2v) is 5.10. The van der Waals surface area contributed by atoms with E-state index in [0.29, 0.717) is 24.7 Å². The predicted octanol–water partition coefficient (Wildman–Crippen LogP) is 1.71. The van der Waals surface area contributed by atoms with E-state index in [9.17, 15) is 4.79 Å². The Bertz CT molecular complexity index is 651. The summed E-state index contributed by atoms with van der Waals surface area (Å²) in [5, 5.41) is 9.96. The second kappa shape index (κ2) is 5.95. The van der Waals surface area contributed by atoms with Crippen LogP contribution in [-0.2, 0) is 12.8 Å². The Morgan fingerprint density at radius 1 is 1.48 bits per heavy atom. The third-order valence-electron chi connectivity index (χ3n) is 3.53. The summed E-state index contributed by atoms with van der Waals surface area (Å²) in [6.07, 6.45) is 2.53. The molecular formula is C15H18N4O2. The summed E-state index contributed by atoms with van der Waals surface area (Å²) in [6, 6.07) is 5.80. The first-order chi connectivity index (χ1) is 10.2. The summed E-state index contributed by atoms with van der Waals surface area (Å²) < 4.78 is 5.02. The molecule has 1 aromatic heterocycles. The number of nitrogens with one attached hydrogen (secondary N) is 2. The van der Waals surface area contributed by atoms with Gasteiger partial charge in [0.15, 0.2) is 5.82 Å². The van der Waals surface area contributed by atoms with Crippen LogP contribution < -0.4 is 10.6 Å². The number of aromatic nitrogens is 2. The molecule has 0 saturated heterocycles. The van der Waals surface area contributed by atoms with Crippen LogP contribution in [0.2, 0.25) is 0 Å². The number of hydrogen-bond donors (Lipinski definition) is 2. The van der Waals surface area contributed by atoms with Gasteiger partial charge in [0.25, 0.3) is 5.91 Å². The van der Waals surface area contributed by atoms with E-state index in [1.165, 1.54) is 0 Å². The van der Waals surface area contributed by atoms with Gasteiger partial charge in [-0.25, -0.2) is 0 Å². The van der Waals surface area contributed by atoms with Crippen LogP contribution in [0, 0.1) is 6.92 Å². The molecule has 6 nitrogen and oxygen atoms in total. The van der Waals surface area contributed by atoms with E-state index in [1.54, 1.807) is 6.92 Å². The van der Waals surface area contributed by atoms with E-state index in [2.05, 4.69) is 20.8 Å². The van der Waals surface area contributed by atoms with Gasteiger partial charge in [-0.2, -0.15) is 4.98 Å². The highest BCUT2D eigenvalue weighted by Crippen LogP contribution is 2.25. The summed E-state index contributed by atoms with van der Waals surface area (Å²) in [4.78, 5) is 16.4. The lowest BCUT2D eigenvalue weighted by atomic mass is 9.97. The summed E-state index contributed by atoms with van der Waals surface area (Å²) in [7, 11) is 0. The van der Waals surface area contributed by atoms with E-state index in [4.69, 9.17) is 4.52 Å². The maximum Gasteiger partial charge on any atom is 0.251 e. The van der Waals surface area contributed by atoms with Crippen molar-refractivity contribution in [1.82, 2.24) is 15.5 Å². The highest BCUT2D eigenvalue weighted by atomic mass is 16.5. The van der Waals surface area contributed by atoms with E-state index < -0.39 is 0 Å². The summed E-state index contributed by atoms with van der Waals surface area (Å²) in [5.41, 5.74) is 2.93. The lowest BCUT2D eigenvalue weighted by Crippen LogP contribution is -2.28. The van der Waals surface area contributed by atoms with Crippen LogP contribution in [-0.4, -0.2) is 29.1 Å². The molecule has 1 aliphatic rings. The van der Waals surface area contributed by atoms with Crippen LogP contribution in [0.1, 0.15) is 34.1 Å². The molecule has 3 rings (SSSR count). The zero-order chi connectivity index (χ0) is 14.7. The van der Waals surface area contributed by atoms with Gasteiger partial charge in [0.05, 0.1) is 0 Å². The topological polar surface area (TPSA) is 80.0 Å². The van der Waals surface area contributed by atoms with Crippen LogP contribution in [0.3, 0.4) is 0 Å². The van der Waals surface area contributed by atoms with Crippen LogP contribution in [0.15, 0.2) is 22.7 Å². The Morgan fingerprint density at radius 2 is 2.38 bits per heavy atom. The first kappa shape index (κ1) is 13.6. The standard InChI is InChI=1S/C15H18N4O2/c1-10-18-14(21-19-10)7-9-17-15(20)12-4-2-6-13-11(12)5-3-8-16-13/h2,4,6,16H,3,5,7-9H2,1H3,(H,17,20). The van der Waals surface area contributed by atoms with Crippen LogP contribution >= 0.6 is 0 Å². The van der Waals surface area contributed by atoms with Crippen molar-refractivity contribution in [2.24, 2.45) is 0 Å². The number of carbonyl (C=O) groups is 1. The molecular weight excluding hydrogens is 268 g/mol. The van der Waals surface area contributed by atoms with Crippen molar-refractivity contribution < 1.29 is 9.32 Å². The largest absolute Gasteiger partial charge is 0.385 e. The summed E-state index contributed by atoms with van der Waals surface area (Å²) >= 11 is 0. The number of nitrogens with zero attached hydrogens (tertiary/aromatic N) is 2. The third kappa shape index (κ3) is 3.04. The van der Waals surface area contributed by atoms with Gasteiger partial charge in [-0.3, -0.25) is 4.79 Å². The van der Waals surface area contributed by atoms with Crippen molar-refractivity contribution in [1.29, 1.82) is 0 Å². The quantitative estimate of drug-likeness (QED) is 0.894. The zero-order valence-corrected chi connectivity index (χ0v) is 12.0. The molecule has 1 aromatic carbocycles. The molecule has 2 aromatic rings. The van der Waals surface area contributed by atoms with Gasteiger partial charge in [0.2, 0.25) is 5.89 Å². The minimum atomic E-state index is -0.0493. The van der Waals surface area contributed by atoms with E-state index in [0.717, 1.165) is 36.2 Å². The molecule has 6 heteroatoms. The summed E-state index contributed by atoms with van der Waals surface area (Å²) in [5.74, 6) is 1.11. The summed E-state index contributed by atoms with van der Waals surface area (Å²) in [6.45, 7) is 3.22. The smallest absolute Gasteiger partial charge is 0.251 e. The molecule has 21 heavy (non-hydrogen) atoms. The highest BCUT2D eigenvalue weighted by molar-refractivity contribution is 5.97. The molecule has 110 valence electrons. The number of rotatable bonds is 4. The van der Waals surface area contributed by atoms with Gasteiger partial charge in [-0.1, -0.05) is 11.2 Å². The number of aryl methyl sites for hydroxylation is 1. The number of fused-ring (bicyclic) bond motifs is 1. The number of carbonyl (C=O) groups excluding carboxylic acids is 1. The van der Waals surface area contributed by atoms with Crippen molar-refractivity contribution in [3.63, 3.8) is 0 Å². The average Bonchev–Trinajstić information content (AvgIpc) is 2.92. The van der Waals surface area contributed by atoms with E-state index >= 15 is 0 Å². The Hall–Kier alpha value is -2.37. The fourth-order valence-corrected chi connectivity index (χ4v) is 2.54. The number of anilines is 1. The molecule has 0 aliphatic carbocycles. The van der Waals surface area contributed by atoms with Crippen molar-refractivity contribution in [3.05, 3.63) is 41.0 Å². The zero-order valence-electron chi connectivity index (χ0n) is 12.0. The number of amides is 1. The van der Waals surface area contributed by atoms with Gasteiger partial charge in [0, 0.05) is 30.8 Å².